The molecule has 0 spiro atoms. The van der Waals surface area contributed by atoms with E-state index in [4.69, 9.17) is 5.73 Å². The van der Waals surface area contributed by atoms with Crippen LogP contribution in [-0.2, 0) is 6.54 Å². The third-order valence-electron chi connectivity index (χ3n) is 3.57. The van der Waals surface area contributed by atoms with Crippen molar-refractivity contribution in [3.05, 3.63) is 18.2 Å². The Balaban J connectivity index is 2.20. The summed E-state index contributed by atoms with van der Waals surface area (Å²) in [5, 5.41) is 0. The number of nitrogens with zero attached hydrogens (tertiary/aromatic N) is 3. The molecule has 1 saturated heterocycles. The summed E-state index contributed by atoms with van der Waals surface area (Å²) in [5.74, 6) is 0. The first kappa shape index (κ1) is 12.6. The van der Waals surface area contributed by atoms with Crippen LogP contribution in [0.3, 0.4) is 0 Å². The third-order valence-corrected chi connectivity index (χ3v) is 3.57. The quantitative estimate of drug-likeness (QED) is 0.847. The van der Waals surface area contributed by atoms with Gasteiger partial charge in [0, 0.05) is 25.3 Å². The highest BCUT2D eigenvalue weighted by molar-refractivity contribution is 5.11. The highest BCUT2D eigenvalue weighted by Gasteiger charge is 2.34. The van der Waals surface area contributed by atoms with Crippen molar-refractivity contribution in [2.45, 2.75) is 51.7 Å². The standard InChI is InChI=1S/C13H24N4/c1-3-6-16-8-5-11(14)13(16)12-9-15-10-17(12)7-4-2/h9-11,13H,3-8,14H2,1-2H3. The van der Waals surface area contributed by atoms with Gasteiger partial charge in [-0.3, -0.25) is 4.90 Å². The smallest absolute Gasteiger partial charge is 0.0948 e. The van der Waals surface area contributed by atoms with E-state index in [-0.39, 0.29) is 6.04 Å². The lowest BCUT2D eigenvalue weighted by molar-refractivity contribution is 0.238. The molecule has 2 unspecified atom stereocenters. The van der Waals surface area contributed by atoms with Crippen molar-refractivity contribution in [3.8, 4) is 0 Å². The molecule has 1 fully saturated rings. The minimum Gasteiger partial charge on any atom is -0.333 e. The van der Waals surface area contributed by atoms with E-state index in [0.29, 0.717) is 6.04 Å². The lowest BCUT2D eigenvalue weighted by Gasteiger charge is -2.27. The van der Waals surface area contributed by atoms with Gasteiger partial charge in [0.15, 0.2) is 0 Å². The topological polar surface area (TPSA) is 47.1 Å². The van der Waals surface area contributed by atoms with Gasteiger partial charge in [0.05, 0.1) is 18.1 Å². The predicted molar refractivity (Wildman–Crippen MR) is 69.7 cm³/mol. The van der Waals surface area contributed by atoms with Gasteiger partial charge < -0.3 is 10.3 Å². The van der Waals surface area contributed by atoms with Gasteiger partial charge in [-0.25, -0.2) is 4.98 Å². The molecule has 2 heterocycles. The summed E-state index contributed by atoms with van der Waals surface area (Å²) >= 11 is 0. The fourth-order valence-electron chi connectivity index (χ4n) is 2.83. The van der Waals surface area contributed by atoms with Crippen LogP contribution in [0, 0.1) is 0 Å². The zero-order chi connectivity index (χ0) is 12.3. The maximum absolute atomic E-state index is 6.27. The molecule has 2 rings (SSSR count). The van der Waals surface area contributed by atoms with Gasteiger partial charge >= 0.3 is 0 Å². The van der Waals surface area contributed by atoms with Crippen LogP contribution >= 0.6 is 0 Å². The Labute approximate surface area is 104 Å². The molecular formula is C13H24N4. The Morgan fingerprint density at radius 2 is 2.12 bits per heavy atom. The highest BCUT2D eigenvalue weighted by atomic mass is 15.2. The number of imidazole rings is 1. The van der Waals surface area contributed by atoms with Crippen LogP contribution in [0.2, 0.25) is 0 Å². The summed E-state index contributed by atoms with van der Waals surface area (Å²) in [4.78, 5) is 6.80. The molecule has 0 aliphatic carbocycles. The summed E-state index contributed by atoms with van der Waals surface area (Å²) in [7, 11) is 0. The third kappa shape index (κ3) is 2.53. The molecule has 2 N–H and O–H groups in total. The zero-order valence-electron chi connectivity index (χ0n) is 11.0. The number of aromatic nitrogens is 2. The Morgan fingerprint density at radius 1 is 1.35 bits per heavy atom. The summed E-state index contributed by atoms with van der Waals surface area (Å²) in [5.41, 5.74) is 7.57. The number of nitrogens with two attached hydrogens (primary N) is 1. The van der Waals surface area contributed by atoms with Crippen LogP contribution in [0.5, 0.6) is 0 Å². The van der Waals surface area contributed by atoms with Crippen molar-refractivity contribution in [3.63, 3.8) is 0 Å². The fraction of sp³-hybridized carbons (Fsp3) is 0.769. The summed E-state index contributed by atoms with van der Waals surface area (Å²) in [6, 6.07) is 0.623. The van der Waals surface area contributed by atoms with Gasteiger partial charge in [-0.05, 0) is 25.8 Å². The molecule has 1 aromatic heterocycles. The summed E-state index contributed by atoms with van der Waals surface area (Å²) in [6.45, 7) is 7.72. The first-order valence-corrected chi connectivity index (χ1v) is 6.77. The van der Waals surface area contributed by atoms with E-state index < -0.39 is 0 Å². The van der Waals surface area contributed by atoms with E-state index in [1.54, 1.807) is 0 Å². The minimum absolute atomic E-state index is 0.258. The monoisotopic (exact) mass is 236 g/mol. The van der Waals surface area contributed by atoms with Gasteiger partial charge in [0.1, 0.15) is 0 Å². The van der Waals surface area contributed by atoms with E-state index in [0.717, 1.165) is 32.5 Å². The van der Waals surface area contributed by atoms with Crippen LogP contribution in [0.1, 0.15) is 44.8 Å². The van der Waals surface area contributed by atoms with Crippen LogP contribution in [0.15, 0.2) is 12.5 Å². The number of aryl methyl sites for hydroxylation is 1. The summed E-state index contributed by atoms with van der Waals surface area (Å²) in [6.07, 6.45) is 7.36. The number of likely N-dealkylation sites (tertiary alicyclic amines) is 1. The fourth-order valence-corrected chi connectivity index (χ4v) is 2.83. The van der Waals surface area contributed by atoms with Gasteiger partial charge in [-0.2, -0.15) is 0 Å². The van der Waals surface area contributed by atoms with Crippen molar-refractivity contribution in [2.75, 3.05) is 13.1 Å². The van der Waals surface area contributed by atoms with Gasteiger partial charge in [0.25, 0.3) is 0 Å². The second-order valence-electron chi connectivity index (χ2n) is 4.95. The molecule has 0 amide bonds. The van der Waals surface area contributed by atoms with E-state index in [9.17, 15) is 0 Å². The molecule has 0 radical (unpaired) electrons. The molecule has 1 aliphatic heterocycles. The van der Waals surface area contributed by atoms with Crippen LogP contribution in [-0.4, -0.2) is 33.6 Å². The number of hydrogen-bond acceptors (Lipinski definition) is 3. The second kappa shape index (κ2) is 5.65. The lowest BCUT2D eigenvalue weighted by Crippen LogP contribution is -2.33. The Kier molecular flexibility index (Phi) is 4.18. The molecule has 2 atom stereocenters. The Hall–Kier alpha value is -0.870. The molecule has 96 valence electrons. The molecule has 4 heteroatoms. The van der Waals surface area contributed by atoms with E-state index >= 15 is 0 Å². The Morgan fingerprint density at radius 3 is 2.82 bits per heavy atom. The molecule has 0 saturated carbocycles. The van der Waals surface area contributed by atoms with Crippen LogP contribution in [0.25, 0.3) is 0 Å². The summed E-state index contributed by atoms with van der Waals surface area (Å²) < 4.78 is 2.26. The van der Waals surface area contributed by atoms with Gasteiger partial charge in [-0.1, -0.05) is 13.8 Å². The second-order valence-corrected chi connectivity index (χ2v) is 4.95. The zero-order valence-corrected chi connectivity index (χ0v) is 11.0. The van der Waals surface area contributed by atoms with Crippen LogP contribution in [0.4, 0.5) is 0 Å². The predicted octanol–water partition coefficient (Wildman–Crippen LogP) is 1.78. The molecule has 4 nitrogen and oxygen atoms in total. The number of hydrogen-bond donors (Lipinski definition) is 1. The molecule has 0 aromatic carbocycles. The molecule has 17 heavy (non-hydrogen) atoms. The van der Waals surface area contributed by atoms with E-state index in [2.05, 4.69) is 28.3 Å². The van der Waals surface area contributed by atoms with Crippen molar-refractivity contribution in [1.82, 2.24) is 14.5 Å². The lowest BCUT2D eigenvalue weighted by atomic mass is 10.1. The van der Waals surface area contributed by atoms with Gasteiger partial charge in [-0.15, -0.1) is 0 Å². The molecule has 1 aromatic rings. The highest BCUT2D eigenvalue weighted by Crippen LogP contribution is 2.31. The maximum Gasteiger partial charge on any atom is 0.0948 e. The van der Waals surface area contributed by atoms with Crippen molar-refractivity contribution >= 4 is 0 Å². The average Bonchev–Trinajstić information content (AvgIpc) is 2.87. The van der Waals surface area contributed by atoms with Crippen molar-refractivity contribution < 1.29 is 0 Å². The minimum atomic E-state index is 0.258. The number of rotatable bonds is 5. The van der Waals surface area contributed by atoms with E-state index in [1.807, 2.05) is 12.5 Å². The van der Waals surface area contributed by atoms with Crippen molar-refractivity contribution in [2.24, 2.45) is 5.73 Å². The molecular weight excluding hydrogens is 212 g/mol. The first-order valence-electron chi connectivity index (χ1n) is 6.77. The SMILES string of the molecule is CCCN1CCC(N)C1c1cncn1CCC. The molecule has 1 aliphatic rings. The maximum atomic E-state index is 6.27. The van der Waals surface area contributed by atoms with Crippen molar-refractivity contribution in [1.29, 1.82) is 0 Å². The largest absolute Gasteiger partial charge is 0.333 e. The normalized spacial score (nSPS) is 25.6. The average molecular weight is 236 g/mol. The first-order chi connectivity index (χ1) is 8.27. The van der Waals surface area contributed by atoms with Crippen LogP contribution < -0.4 is 5.73 Å². The van der Waals surface area contributed by atoms with Gasteiger partial charge in [0.2, 0.25) is 0 Å². The Bertz CT molecular complexity index is 345. The van der Waals surface area contributed by atoms with E-state index in [1.165, 1.54) is 12.1 Å². The molecule has 0 bridgehead atoms.